The second-order valence-corrected chi connectivity index (χ2v) is 14.6. The summed E-state index contributed by atoms with van der Waals surface area (Å²) in [5.74, 6) is -0.984. The number of carbonyl (C=O) groups is 2. The number of allylic oxidation sites excluding steroid dienone is 12. The molecule has 0 rings (SSSR count). The normalized spacial score (nSPS) is 13.8. The van der Waals surface area contributed by atoms with Crippen LogP contribution in [0.25, 0.3) is 0 Å². The van der Waals surface area contributed by atoms with Crippen LogP contribution < -0.4 is 0 Å². The fourth-order valence-corrected chi connectivity index (χ4v) is 5.50. The van der Waals surface area contributed by atoms with E-state index in [2.05, 4.69) is 72.2 Å². The molecule has 53 heavy (non-hydrogen) atoms. The monoisotopic (exact) mass is 764 g/mol. The van der Waals surface area contributed by atoms with Gasteiger partial charge in [-0.15, -0.1) is 0 Å². The van der Waals surface area contributed by atoms with Gasteiger partial charge in [0.25, 0.3) is 0 Å². The number of aliphatic hydroxyl groups excluding tert-OH is 1. The van der Waals surface area contributed by atoms with Gasteiger partial charge in [-0.3, -0.25) is 14.1 Å². The quantitative estimate of drug-likeness (QED) is 0.0246. The van der Waals surface area contributed by atoms with Crippen molar-refractivity contribution in [1.82, 2.24) is 0 Å². The highest BCUT2D eigenvalue weighted by Crippen LogP contribution is 2.36. The van der Waals surface area contributed by atoms with E-state index < -0.39 is 32.5 Å². The molecule has 2 atom stereocenters. The Labute approximate surface area is 322 Å². The summed E-state index contributed by atoms with van der Waals surface area (Å²) in [6.07, 6.45) is 45.6. The van der Waals surface area contributed by atoms with Gasteiger partial charge in [-0.25, -0.2) is 4.57 Å². The minimum Gasteiger partial charge on any atom is -0.462 e. The van der Waals surface area contributed by atoms with Crippen LogP contribution >= 0.6 is 7.82 Å². The van der Waals surface area contributed by atoms with Crippen molar-refractivity contribution in [3.05, 3.63) is 72.9 Å². The van der Waals surface area contributed by atoms with E-state index in [1.165, 1.54) is 44.9 Å². The number of hydrogen-bond donors (Lipinski definition) is 3. The fraction of sp³-hybridized carbons (Fsp3) is 0.674. The van der Waals surface area contributed by atoms with Crippen molar-refractivity contribution in [3.63, 3.8) is 0 Å². The van der Waals surface area contributed by atoms with Crippen LogP contribution in [0.1, 0.15) is 162 Å². The summed E-state index contributed by atoms with van der Waals surface area (Å²) in [5, 5.41) is 9.53. The lowest BCUT2D eigenvalue weighted by molar-refractivity contribution is -0.161. The van der Waals surface area contributed by atoms with Gasteiger partial charge in [-0.2, -0.15) is 0 Å². The Morgan fingerprint density at radius 1 is 0.566 bits per heavy atom. The predicted octanol–water partition coefficient (Wildman–Crippen LogP) is 11.3. The lowest BCUT2D eigenvalue weighted by Crippen LogP contribution is -2.29. The first-order valence-electron chi connectivity index (χ1n) is 20.3. The van der Waals surface area contributed by atoms with Gasteiger partial charge in [0.15, 0.2) is 6.10 Å². The highest BCUT2D eigenvalue weighted by molar-refractivity contribution is 7.46. The van der Waals surface area contributed by atoms with Crippen LogP contribution in [0.5, 0.6) is 0 Å². The maximum Gasteiger partial charge on any atom is 0.469 e. The summed E-state index contributed by atoms with van der Waals surface area (Å²) in [7, 11) is -4.78. The van der Waals surface area contributed by atoms with E-state index in [9.17, 15) is 19.3 Å². The first kappa shape index (κ1) is 50.5. The molecule has 0 spiro atoms. The average molecular weight is 765 g/mol. The standard InChI is InChI=1S/C43H73O9P/c1-3-5-6-7-8-9-10-11-12-13-14-19-22-25-28-31-34-37-43(46)52-41(39-51-53(47,48)49)38-50-42(45)36-33-30-27-24-21-18-16-15-17-20-23-26-29-32-35-40(44)4-2/h8-9,11-12,16-18,20,24,26-27,29,40-41,44H,3-7,10,13-15,19,21-23,25,28,30-39H2,1-2H3,(H2,47,48,49)/b9-8-,12-11-,18-16-,20-17-,27-24-,29-26-/t40-,41+/m0/s1. The molecule has 0 unspecified atom stereocenters. The molecule has 3 N–H and O–H groups in total. The molecule has 0 amide bonds. The number of unbranched alkanes of at least 4 members (excludes halogenated alkanes) is 11. The fourth-order valence-electron chi connectivity index (χ4n) is 5.14. The van der Waals surface area contributed by atoms with E-state index >= 15 is 0 Å². The lowest BCUT2D eigenvalue weighted by atomic mass is 10.1. The molecule has 0 saturated carbocycles. The second-order valence-electron chi connectivity index (χ2n) is 13.4. The maximum absolute atomic E-state index is 12.4. The molecule has 0 aromatic rings. The van der Waals surface area contributed by atoms with Crippen LogP contribution in [-0.2, 0) is 28.2 Å². The molecular weight excluding hydrogens is 691 g/mol. The predicted molar refractivity (Wildman–Crippen MR) is 217 cm³/mol. The Kier molecular flexibility index (Phi) is 35.9. The van der Waals surface area contributed by atoms with E-state index in [0.29, 0.717) is 19.3 Å². The van der Waals surface area contributed by atoms with Crippen molar-refractivity contribution < 1.29 is 43.0 Å². The summed E-state index contributed by atoms with van der Waals surface area (Å²) in [6.45, 7) is 3.31. The molecule has 0 aromatic carbocycles. The van der Waals surface area contributed by atoms with E-state index in [-0.39, 0.29) is 25.6 Å². The van der Waals surface area contributed by atoms with Gasteiger partial charge in [-0.05, 0) is 89.9 Å². The third kappa shape index (κ3) is 40.5. The molecule has 9 nitrogen and oxygen atoms in total. The first-order valence-corrected chi connectivity index (χ1v) is 21.8. The van der Waals surface area contributed by atoms with Gasteiger partial charge in [0.05, 0.1) is 12.7 Å². The van der Waals surface area contributed by atoms with Crippen LogP contribution in [0, 0.1) is 0 Å². The van der Waals surface area contributed by atoms with Crippen LogP contribution in [0.2, 0.25) is 0 Å². The van der Waals surface area contributed by atoms with Gasteiger partial charge in [0.1, 0.15) is 6.61 Å². The van der Waals surface area contributed by atoms with Crippen molar-refractivity contribution in [2.75, 3.05) is 13.2 Å². The van der Waals surface area contributed by atoms with E-state index in [0.717, 1.165) is 70.6 Å². The molecule has 0 fully saturated rings. The van der Waals surface area contributed by atoms with Gasteiger partial charge in [-0.1, -0.05) is 132 Å². The smallest absolute Gasteiger partial charge is 0.462 e. The van der Waals surface area contributed by atoms with Crippen molar-refractivity contribution in [2.24, 2.45) is 0 Å². The number of carbonyl (C=O) groups excluding carboxylic acids is 2. The van der Waals surface area contributed by atoms with Crippen LogP contribution in [0.4, 0.5) is 0 Å². The zero-order valence-electron chi connectivity index (χ0n) is 33.0. The van der Waals surface area contributed by atoms with E-state index in [1.807, 2.05) is 19.1 Å². The van der Waals surface area contributed by atoms with Crippen LogP contribution in [0.15, 0.2) is 72.9 Å². The number of esters is 2. The van der Waals surface area contributed by atoms with Crippen LogP contribution in [-0.4, -0.2) is 52.3 Å². The highest BCUT2D eigenvalue weighted by atomic mass is 31.2. The Hall–Kier alpha value is -2.55. The average Bonchev–Trinajstić information content (AvgIpc) is 3.13. The van der Waals surface area contributed by atoms with Gasteiger partial charge >= 0.3 is 19.8 Å². The molecule has 0 aromatic heterocycles. The number of phosphoric ester groups is 1. The Morgan fingerprint density at radius 3 is 1.55 bits per heavy atom. The molecule has 0 aliphatic rings. The minimum absolute atomic E-state index is 0.173. The summed E-state index contributed by atoms with van der Waals surface area (Å²) in [4.78, 5) is 42.8. The maximum atomic E-state index is 12.4. The molecule has 0 saturated heterocycles. The topological polar surface area (TPSA) is 140 Å². The lowest BCUT2D eigenvalue weighted by Gasteiger charge is -2.18. The molecule has 0 aliphatic heterocycles. The van der Waals surface area contributed by atoms with Gasteiger partial charge in [0.2, 0.25) is 0 Å². The van der Waals surface area contributed by atoms with Crippen molar-refractivity contribution in [1.29, 1.82) is 0 Å². The Morgan fingerprint density at radius 2 is 1.02 bits per heavy atom. The molecule has 304 valence electrons. The zero-order chi connectivity index (χ0) is 39.1. The van der Waals surface area contributed by atoms with Crippen molar-refractivity contribution in [3.8, 4) is 0 Å². The summed E-state index contributed by atoms with van der Waals surface area (Å²) < 4.78 is 26.3. The van der Waals surface area contributed by atoms with Crippen molar-refractivity contribution in [2.45, 2.75) is 174 Å². The van der Waals surface area contributed by atoms with E-state index in [4.69, 9.17) is 19.3 Å². The number of phosphoric acid groups is 1. The minimum atomic E-state index is -4.78. The Balaban J connectivity index is 4.07. The van der Waals surface area contributed by atoms with Crippen LogP contribution in [0.3, 0.4) is 0 Å². The molecule has 0 bridgehead atoms. The molecular formula is C43H73O9P. The largest absolute Gasteiger partial charge is 0.469 e. The molecule has 0 radical (unpaired) electrons. The number of ether oxygens (including phenoxy) is 2. The zero-order valence-corrected chi connectivity index (χ0v) is 33.9. The van der Waals surface area contributed by atoms with E-state index in [1.54, 1.807) is 0 Å². The molecule has 0 heterocycles. The number of hydrogen-bond acceptors (Lipinski definition) is 7. The SMILES string of the molecule is CCCCC/C=C\C/C=C\CCCCCCCCCC(=O)O[C@H](COC(=O)CCC/C=C\C/C=C\C/C=C\C/C=C\CC[C@@H](O)CC)COP(=O)(O)O. The molecule has 10 heteroatoms. The first-order chi connectivity index (χ1) is 25.7. The summed E-state index contributed by atoms with van der Waals surface area (Å²) >= 11 is 0. The number of aliphatic hydroxyl groups is 1. The third-order valence-corrected chi connectivity index (χ3v) is 8.85. The van der Waals surface area contributed by atoms with Gasteiger partial charge in [0, 0.05) is 12.8 Å². The summed E-state index contributed by atoms with van der Waals surface area (Å²) in [5.41, 5.74) is 0. The Bertz CT molecular complexity index is 1100. The second kappa shape index (κ2) is 37.8. The summed E-state index contributed by atoms with van der Waals surface area (Å²) in [6, 6.07) is 0. The number of rotatable bonds is 36. The molecule has 0 aliphatic carbocycles. The van der Waals surface area contributed by atoms with Crippen molar-refractivity contribution >= 4 is 19.8 Å². The highest BCUT2D eigenvalue weighted by Gasteiger charge is 2.22. The third-order valence-electron chi connectivity index (χ3n) is 8.36. The van der Waals surface area contributed by atoms with Gasteiger partial charge < -0.3 is 24.4 Å².